The number of rotatable bonds is 7. The van der Waals surface area contributed by atoms with Crippen LogP contribution in [0.25, 0.3) is 16.7 Å². The summed E-state index contributed by atoms with van der Waals surface area (Å²) >= 11 is 0. The fraction of sp³-hybridized carbons (Fsp3) is 0.323. The Morgan fingerprint density at radius 1 is 1.02 bits per heavy atom. The molecule has 3 heterocycles. The first-order valence-corrected chi connectivity index (χ1v) is 14.2. The number of nitrogens with two attached hydrogens (primary N) is 1. The normalized spacial score (nSPS) is 15.0. The predicted octanol–water partition coefficient (Wildman–Crippen LogP) is 3.04. The van der Waals surface area contributed by atoms with Gasteiger partial charge in [0.15, 0.2) is 5.65 Å². The molecular weight excluding hydrogens is 534 g/mol. The first kappa shape index (κ1) is 27.4. The van der Waals surface area contributed by atoms with Gasteiger partial charge in [-0.25, -0.2) is 9.78 Å². The molecule has 11 nitrogen and oxygen atoms in total. The van der Waals surface area contributed by atoms with E-state index in [0.29, 0.717) is 24.7 Å². The Labute approximate surface area is 242 Å². The predicted molar refractivity (Wildman–Crippen MR) is 160 cm³/mol. The molecule has 2 aliphatic rings. The van der Waals surface area contributed by atoms with Crippen molar-refractivity contribution in [3.05, 3.63) is 87.3 Å². The minimum atomic E-state index is -0.789. The van der Waals surface area contributed by atoms with E-state index < -0.39 is 11.3 Å². The van der Waals surface area contributed by atoms with Crippen LogP contribution in [0.3, 0.4) is 0 Å². The molecule has 0 saturated carbocycles. The minimum absolute atomic E-state index is 0.103. The Balaban J connectivity index is 1.19. The third kappa shape index (κ3) is 5.55. The number of primary amides is 1. The van der Waals surface area contributed by atoms with Crippen molar-refractivity contribution in [1.82, 2.24) is 24.3 Å². The second-order valence-electron chi connectivity index (χ2n) is 10.7. The highest BCUT2D eigenvalue weighted by Crippen LogP contribution is 2.26. The van der Waals surface area contributed by atoms with E-state index in [1.807, 2.05) is 18.2 Å². The van der Waals surface area contributed by atoms with E-state index in [-0.39, 0.29) is 17.0 Å². The third-order valence-electron chi connectivity index (χ3n) is 8.10. The van der Waals surface area contributed by atoms with E-state index >= 15 is 0 Å². The molecule has 2 aromatic heterocycles. The summed E-state index contributed by atoms with van der Waals surface area (Å²) in [6, 6.07) is 14.2. The molecule has 1 fully saturated rings. The van der Waals surface area contributed by atoms with Crippen molar-refractivity contribution < 1.29 is 14.3 Å². The molecule has 0 radical (unpaired) electrons. The van der Waals surface area contributed by atoms with Crippen LogP contribution in [0.5, 0.6) is 0 Å². The Kier molecular flexibility index (Phi) is 7.58. The lowest BCUT2D eigenvalue weighted by molar-refractivity contribution is 0.0914. The summed E-state index contributed by atoms with van der Waals surface area (Å²) < 4.78 is 6.56. The number of nitrogens with one attached hydrogen (secondary N) is 1. The fourth-order valence-electron chi connectivity index (χ4n) is 5.71. The standard InChI is InChI=1S/C31H33N7O4/c1-42-31(41)37-15-13-36(14-16-37)12-11-20-5-8-23(9-6-20)34-30-33-18-25-27(39)26(28(32)40)19-38(29(25)35-30)24-10-7-21-3-2-4-22(21)17-24/h5-10,17-19H,2-4,11-16H2,1H3,(H2,32,40)(H,33,34,35). The molecule has 6 rings (SSSR count). The smallest absolute Gasteiger partial charge is 0.409 e. The zero-order valence-corrected chi connectivity index (χ0v) is 23.5. The topological polar surface area (TPSA) is 136 Å². The van der Waals surface area contributed by atoms with Crippen molar-refractivity contribution in [3.8, 4) is 5.69 Å². The number of fused-ring (bicyclic) bond motifs is 2. The molecule has 0 unspecified atom stereocenters. The molecule has 1 aliphatic carbocycles. The molecule has 4 aromatic rings. The maximum Gasteiger partial charge on any atom is 0.409 e. The molecular formula is C31H33N7O4. The van der Waals surface area contributed by atoms with Crippen LogP contribution < -0.4 is 16.5 Å². The highest BCUT2D eigenvalue weighted by atomic mass is 16.5. The van der Waals surface area contributed by atoms with Gasteiger partial charge in [0, 0.05) is 56.5 Å². The first-order chi connectivity index (χ1) is 20.4. The molecule has 0 spiro atoms. The van der Waals surface area contributed by atoms with Crippen LogP contribution in [-0.4, -0.2) is 76.2 Å². The van der Waals surface area contributed by atoms with Crippen LogP contribution >= 0.6 is 0 Å². The molecule has 216 valence electrons. The number of carbonyl (C=O) groups excluding carboxylic acids is 2. The summed E-state index contributed by atoms with van der Waals surface area (Å²) in [5, 5.41) is 3.46. The van der Waals surface area contributed by atoms with Crippen LogP contribution in [-0.2, 0) is 24.0 Å². The van der Waals surface area contributed by atoms with Gasteiger partial charge in [-0.1, -0.05) is 18.2 Å². The maximum absolute atomic E-state index is 13.0. The van der Waals surface area contributed by atoms with Crippen LogP contribution in [0.2, 0.25) is 0 Å². The number of methoxy groups -OCH3 is 1. The van der Waals surface area contributed by atoms with E-state index in [0.717, 1.165) is 56.7 Å². The Morgan fingerprint density at radius 2 is 1.79 bits per heavy atom. The maximum atomic E-state index is 13.0. The second-order valence-corrected chi connectivity index (χ2v) is 10.7. The largest absolute Gasteiger partial charge is 0.453 e. The number of aryl methyl sites for hydroxylation is 2. The highest BCUT2D eigenvalue weighted by Gasteiger charge is 2.21. The molecule has 2 amide bonds. The van der Waals surface area contributed by atoms with Crippen molar-refractivity contribution in [2.75, 3.05) is 45.2 Å². The number of pyridine rings is 1. The van der Waals surface area contributed by atoms with Gasteiger partial charge in [0.05, 0.1) is 12.5 Å². The van der Waals surface area contributed by atoms with Crippen molar-refractivity contribution in [3.63, 3.8) is 0 Å². The number of nitrogens with zero attached hydrogens (tertiary/aromatic N) is 5. The average Bonchev–Trinajstić information content (AvgIpc) is 3.49. The van der Waals surface area contributed by atoms with Crippen LogP contribution in [0, 0.1) is 0 Å². The summed E-state index contributed by atoms with van der Waals surface area (Å²) in [4.78, 5) is 50.0. The van der Waals surface area contributed by atoms with E-state index in [1.165, 1.54) is 36.2 Å². The summed E-state index contributed by atoms with van der Waals surface area (Å²) in [6.45, 7) is 3.90. The van der Waals surface area contributed by atoms with Gasteiger partial charge in [-0.15, -0.1) is 0 Å². The van der Waals surface area contributed by atoms with Crippen molar-refractivity contribution >= 4 is 34.7 Å². The van der Waals surface area contributed by atoms with E-state index in [1.54, 1.807) is 9.47 Å². The Morgan fingerprint density at radius 3 is 2.52 bits per heavy atom. The zero-order chi connectivity index (χ0) is 29.2. The molecule has 3 N–H and O–H groups in total. The lowest BCUT2D eigenvalue weighted by atomic mass is 10.1. The lowest BCUT2D eigenvalue weighted by Gasteiger charge is -2.33. The van der Waals surface area contributed by atoms with E-state index in [9.17, 15) is 14.4 Å². The van der Waals surface area contributed by atoms with Gasteiger partial charge in [0.2, 0.25) is 11.4 Å². The van der Waals surface area contributed by atoms with Gasteiger partial charge in [0.25, 0.3) is 5.91 Å². The Bertz CT molecular complexity index is 1710. The monoisotopic (exact) mass is 567 g/mol. The number of carbonyl (C=O) groups is 2. The van der Waals surface area contributed by atoms with Crippen molar-refractivity contribution in [2.45, 2.75) is 25.7 Å². The lowest BCUT2D eigenvalue weighted by Crippen LogP contribution is -2.49. The van der Waals surface area contributed by atoms with Gasteiger partial charge >= 0.3 is 6.09 Å². The summed E-state index contributed by atoms with van der Waals surface area (Å²) in [5.74, 6) is -0.456. The van der Waals surface area contributed by atoms with Crippen LogP contribution in [0.15, 0.2) is 59.7 Å². The number of piperazine rings is 1. The fourth-order valence-corrected chi connectivity index (χ4v) is 5.71. The molecule has 11 heteroatoms. The van der Waals surface area contributed by atoms with Gasteiger partial charge < -0.3 is 25.3 Å². The van der Waals surface area contributed by atoms with Crippen LogP contribution in [0.1, 0.15) is 33.5 Å². The van der Waals surface area contributed by atoms with Crippen LogP contribution in [0.4, 0.5) is 16.4 Å². The molecule has 2 aromatic carbocycles. The summed E-state index contributed by atoms with van der Waals surface area (Å²) in [5.41, 5.74) is 10.7. The number of benzene rings is 2. The van der Waals surface area contributed by atoms with E-state index in [2.05, 4.69) is 39.5 Å². The number of anilines is 2. The van der Waals surface area contributed by atoms with Gasteiger partial charge in [-0.2, -0.15) is 4.98 Å². The number of aromatic nitrogens is 3. The second kappa shape index (κ2) is 11.6. The molecule has 1 aliphatic heterocycles. The van der Waals surface area contributed by atoms with Crippen molar-refractivity contribution in [2.24, 2.45) is 5.73 Å². The number of hydrogen-bond donors (Lipinski definition) is 2. The van der Waals surface area contributed by atoms with Gasteiger partial charge in [0.1, 0.15) is 5.56 Å². The van der Waals surface area contributed by atoms with Gasteiger partial charge in [-0.3, -0.25) is 14.5 Å². The molecule has 42 heavy (non-hydrogen) atoms. The molecule has 0 atom stereocenters. The average molecular weight is 568 g/mol. The number of amides is 2. The minimum Gasteiger partial charge on any atom is -0.453 e. The van der Waals surface area contributed by atoms with Gasteiger partial charge in [-0.05, 0) is 66.6 Å². The molecule has 1 saturated heterocycles. The van der Waals surface area contributed by atoms with Crippen molar-refractivity contribution in [1.29, 1.82) is 0 Å². The third-order valence-corrected chi connectivity index (χ3v) is 8.10. The number of ether oxygens (including phenoxy) is 1. The SMILES string of the molecule is COC(=O)N1CCN(CCc2ccc(Nc3ncc4c(=O)c(C(N)=O)cn(-c5ccc6c(c5)CCC6)c4n3)cc2)CC1. The summed E-state index contributed by atoms with van der Waals surface area (Å²) in [6.07, 6.45) is 6.70. The molecule has 0 bridgehead atoms. The number of hydrogen-bond acceptors (Lipinski definition) is 8. The Hall–Kier alpha value is -4.77. The highest BCUT2D eigenvalue weighted by molar-refractivity contribution is 5.96. The summed E-state index contributed by atoms with van der Waals surface area (Å²) in [7, 11) is 1.41. The first-order valence-electron chi connectivity index (χ1n) is 14.2. The van der Waals surface area contributed by atoms with E-state index in [4.69, 9.17) is 15.5 Å². The zero-order valence-electron chi connectivity index (χ0n) is 23.5. The quantitative estimate of drug-likeness (QED) is 0.348.